The number of hydrogen-bond donors (Lipinski definition) is 3. The van der Waals surface area contributed by atoms with Gasteiger partial charge in [0.15, 0.2) is 0 Å². The van der Waals surface area contributed by atoms with Crippen LogP contribution >= 0.6 is 0 Å². The van der Waals surface area contributed by atoms with Crippen molar-refractivity contribution in [2.45, 2.75) is 25.9 Å². The molecule has 0 aromatic carbocycles. The number of hydrogen-bond acceptors (Lipinski definition) is 4. The number of nitrogens with zero attached hydrogens (tertiary/aromatic N) is 2. The molecule has 1 aromatic heterocycles. The second-order valence-electron chi connectivity index (χ2n) is 5.71. The van der Waals surface area contributed by atoms with Crippen LogP contribution in [0.2, 0.25) is 0 Å². The topological polar surface area (TPSA) is 86.2 Å². The smallest absolute Gasteiger partial charge is 0.139 e. The summed E-state index contributed by atoms with van der Waals surface area (Å²) in [5.74, 6) is 1.77. The normalized spacial score (nSPS) is 29.6. The number of nitrogen functional groups attached to an aromatic ring is 1. The highest BCUT2D eigenvalue weighted by Crippen LogP contribution is 2.40. The SMILES string of the molecule is Cc1ccnc(N2CC3CCC(O)C3C2)c1C(=N)N. The van der Waals surface area contributed by atoms with Gasteiger partial charge in [0.2, 0.25) is 0 Å². The van der Waals surface area contributed by atoms with Gasteiger partial charge in [-0.2, -0.15) is 0 Å². The summed E-state index contributed by atoms with van der Waals surface area (Å²) >= 11 is 0. The predicted octanol–water partition coefficient (Wildman–Crippen LogP) is 0.881. The number of anilines is 1. The lowest BCUT2D eigenvalue weighted by molar-refractivity contribution is 0.133. The Bertz CT molecular complexity index is 516. The number of amidine groups is 1. The van der Waals surface area contributed by atoms with Crippen molar-refractivity contribution in [3.05, 3.63) is 23.4 Å². The molecule has 2 aliphatic rings. The van der Waals surface area contributed by atoms with Gasteiger partial charge >= 0.3 is 0 Å². The summed E-state index contributed by atoms with van der Waals surface area (Å²) in [7, 11) is 0. The van der Waals surface area contributed by atoms with Gasteiger partial charge in [0.1, 0.15) is 11.7 Å². The van der Waals surface area contributed by atoms with Crippen LogP contribution in [0.5, 0.6) is 0 Å². The van der Waals surface area contributed by atoms with Crippen molar-refractivity contribution in [1.82, 2.24) is 4.98 Å². The van der Waals surface area contributed by atoms with Crippen LogP contribution in [0.4, 0.5) is 5.82 Å². The molecule has 5 heteroatoms. The molecule has 0 radical (unpaired) electrons. The van der Waals surface area contributed by atoms with Crippen molar-refractivity contribution < 1.29 is 5.11 Å². The fourth-order valence-electron chi connectivity index (χ4n) is 3.53. The first-order valence-corrected chi connectivity index (χ1v) is 6.81. The van der Waals surface area contributed by atoms with Crippen molar-refractivity contribution in [3.8, 4) is 0 Å². The van der Waals surface area contributed by atoms with Gasteiger partial charge in [-0.15, -0.1) is 0 Å². The molecular formula is C14H20N4O. The third-order valence-electron chi connectivity index (χ3n) is 4.53. The van der Waals surface area contributed by atoms with E-state index in [1.54, 1.807) is 6.20 Å². The number of aliphatic hydroxyl groups is 1. The molecule has 1 aliphatic heterocycles. The van der Waals surface area contributed by atoms with E-state index in [-0.39, 0.29) is 11.9 Å². The minimum atomic E-state index is -0.180. The van der Waals surface area contributed by atoms with Crippen LogP contribution in [0.15, 0.2) is 12.3 Å². The molecule has 19 heavy (non-hydrogen) atoms. The molecule has 0 spiro atoms. The van der Waals surface area contributed by atoms with Crippen LogP contribution in [0.3, 0.4) is 0 Å². The largest absolute Gasteiger partial charge is 0.393 e. The van der Waals surface area contributed by atoms with Gasteiger partial charge in [0, 0.05) is 25.2 Å². The van der Waals surface area contributed by atoms with Crippen molar-refractivity contribution in [1.29, 1.82) is 5.41 Å². The number of aliphatic hydroxyl groups excluding tert-OH is 1. The Morgan fingerprint density at radius 2 is 2.26 bits per heavy atom. The van der Waals surface area contributed by atoms with Gasteiger partial charge in [-0.05, 0) is 37.3 Å². The van der Waals surface area contributed by atoms with Gasteiger partial charge in [-0.3, -0.25) is 5.41 Å². The Labute approximate surface area is 113 Å². The Kier molecular flexibility index (Phi) is 2.93. The molecule has 102 valence electrons. The summed E-state index contributed by atoms with van der Waals surface area (Å²) in [4.78, 5) is 6.60. The van der Waals surface area contributed by atoms with Crippen LogP contribution in [-0.4, -0.2) is 35.1 Å². The van der Waals surface area contributed by atoms with Crippen molar-refractivity contribution in [3.63, 3.8) is 0 Å². The third kappa shape index (κ3) is 1.98. The Hall–Kier alpha value is -1.62. The standard InChI is InChI=1S/C14H20N4O/c1-8-4-5-17-14(12(8)13(15)16)18-6-9-2-3-11(19)10(9)7-18/h4-5,9-11,19H,2-3,6-7H2,1H3,(H3,15,16). The molecule has 0 bridgehead atoms. The zero-order valence-electron chi connectivity index (χ0n) is 11.1. The van der Waals surface area contributed by atoms with Crippen LogP contribution in [-0.2, 0) is 0 Å². The Balaban J connectivity index is 1.92. The van der Waals surface area contributed by atoms with E-state index in [1.807, 2.05) is 13.0 Å². The van der Waals surface area contributed by atoms with Crippen LogP contribution in [0.25, 0.3) is 0 Å². The van der Waals surface area contributed by atoms with E-state index in [9.17, 15) is 5.11 Å². The first kappa shape index (κ1) is 12.4. The average Bonchev–Trinajstić information content (AvgIpc) is 2.91. The highest BCUT2D eigenvalue weighted by atomic mass is 16.3. The van der Waals surface area contributed by atoms with Gasteiger partial charge in [-0.25, -0.2) is 4.98 Å². The highest BCUT2D eigenvalue weighted by Gasteiger charge is 2.42. The molecule has 1 saturated carbocycles. The summed E-state index contributed by atoms with van der Waals surface area (Å²) in [6, 6.07) is 1.88. The molecule has 1 aliphatic carbocycles. The molecule has 2 fully saturated rings. The molecular weight excluding hydrogens is 240 g/mol. The Morgan fingerprint density at radius 1 is 1.47 bits per heavy atom. The van der Waals surface area contributed by atoms with E-state index in [0.29, 0.717) is 11.8 Å². The third-order valence-corrected chi connectivity index (χ3v) is 4.53. The summed E-state index contributed by atoms with van der Waals surface area (Å²) in [6.45, 7) is 3.69. The van der Waals surface area contributed by atoms with E-state index in [0.717, 1.165) is 42.9 Å². The van der Waals surface area contributed by atoms with E-state index in [4.69, 9.17) is 11.1 Å². The maximum Gasteiger partial charge on any atom is 0.139 e. The minimum absolute atomic E-state index is 0.0678. The van der Waals surface area contributed by atoms with Crippen molar-refractivity contribution in [2.75, 3.05) is 18.0 Å². The molecule has 2 heterocycles. The first-order valence-electron chi connectivity index (χ1n) is 6.81. The molecule has 3 unspecified atom stereocenters. The quantitative estimate of drug-likeness (QED) is 0.544. The first-order chi connectivity index (χ1) is 9.08. The predicted molar refractivity (Wildman–Crippen MR) is 74.4 cm³/mol. The Morgan fingerprint density at radius 3 is 2.95 bits per heavy atom. The molecule has 1 aromatic rings. The highest BCUT2D eigenvalue weighted by molar-refractivity contribution is 6.01. The van der Waals surface area contributed by atoms with Crippen LogP contribution in [0, 0.1) is 24.2 Å². The molecule has 0 amide bonds. The maximum atomic E-state index is 9.98. The monoisotopic (exact) mass is 260 g/mol. The summed E-state index contributed by atoms with van der Waals surface area (Å²) < 4.78 is 0. The second-order valence-corrected chi connectivity index (χ2v) is 5.71. The average molecular weight is 260 g/mol. The van der Waals surface area contributed by atoms with E-state index in [1.165, 1.54) is 0 Å². The molecule has 3 atom stereocenters. The number of nitrogens with two attached hydrogens (primary N) is 1. The van der Waals surface area contributed by atoms with Crippen molar-refractivity contribution >= 4 is 11.7 Å². The van der Waals surface area contributed by atoms with Gasteiger partial charge < -0.3 is 15.7 Å². The van der Waals surface area contributed by atoms with Gasteiger partial charge in [0.05, 0.1) is 11.7 Å². The molecule has 3 rings (SSSR count). The van der Waals surface area contributed by atoms with E-state index in [2.05, 4.69) is 9.88 Å². The lowest BCUT2D eigenvalue weighted by Gasteiger charge is -2.22. The summed E-state index contributed by atoms with van der Waals surface area (Å²) in [6.07, 6.45) is 3.59. The second kappa shape index (κ2) is 4.49. The number of aromatic nitrogens is 1. The zero-order chi connectivity index (χ0) is 13.6. The molecule has 1 saturated heterocycles. The van der Waals surface area contributed by atoms with Gasteiger partial charge in [0.25, 0.3) is 0 Å². The number of aryl methyl sites for hydroxylation is 1. The van der Waals surface area contributed by atoms with E-state index >= 15 is 0 Å². The number of pyridine rings is 1. The fourth-order valence-corrected chi connectivity index (χ4v) is 3.53. The number of rotatable bonds is 2. The fraction of sp³-hybridized carbons (Fsp3) is 0.571. The summed E-state index contributed by atoms with van der Waals surface area (Å²) in [5, 5.41) is 17.7. The van der Waals surface area contributed by atoms with Crippen LogP contribution < -0.4 is 10.6 Å². The van der Waals surface area contributed by atoms with Crippen LogP contribution in [0.1, 0.15) is 24.0 Å². The lowest BCUT2D eigenvalue weighted by Crippen LogP contribution is -2.28. The lowest BCUT2D eigenvalue weighted by atomic mass is 10.00. The molecule has 5 nitrogen and oxygen atoms in total. The van der Waals surface area contributed by atoms with Gasteiger partial charge in [-0.1, -0.05) is 0 Å². The van der Waals surface area contributed by atoms with E-state index < -0.39 is 0 Å². The number of nitrogens with one attached hydrogen (secondary N) is 1. The zero-order valence-corrected chi connectivity index (χ0v) is 11.1. The summed E-state index contributed by atoms with van der Waals surface area (Å²) in [5.41, 5.74) is 7.41. The number of fused-ring (bicyclic) bond motifs is 1. The maximum absolute atomic E-state index is 9.98. The molecule has 4 N–H and O–H groups in total. The minimum Gasteiger partial charge on any atom is -0.393 e. The van der Waals surface area contributed by atoms with Crippen molar-refractivity contribution in [2.24, 2.45) is 17.6 Å².